The van der Waals surface area contributed by atoms with E-state index < -0.39 is 0 Å². The fraction of sp³-hybridized carbons (Fsp3) is 0.294. The Morgan fingerprint density at radius 2 is 1.80 bits per heavy atom. The molecule has 0 saturated heterocycles. The molecule has 20 heavy (non-hydrogen) atoms. The molecule has 3 heteroatoms. The van der Waals surface area contributed by atoms with E-state index in [0.717, 1.165) is 5.75 Å². The fourth-order valence-corrected chi connectivity index (χ4v) is 2.46. The number of nitrogens with one attached hydrogen (secondary N) is 1. The third-order valence-corrected chi connectivity index (χ3v) is 3.75. The number of ether oxygens (including phenoxy) is 1. The molecule has 0 bridgehead atoms. The first-order valence-electron chi connectivity index (χ1n) is 6.93. The van der Waals surface area contributed by atoms with E-state index in [-0.39, 0.29) is 11.9 Å². The Labute approximate surface area is 118 Å². The molecule has 1 unspecified atom stereocenters. The molecule has 104 valence electrons. The van der Waals surface area contributed by atoms with Crippen LogP contribution in [-0.4, -0.2) is 7.11 Å². The molecule has 0 amide bonds. The van der Waals surface area contributed by atoms with Gasteiger partial charge in [-0.15, -0.1) is 0 Å². The van der Waals surface area contributed by atoms with Gasteiger partial charge in [0.25, 0.3) is 0 Å². The van der Waals surface area contributed by atoms with Gasteiger partial charge >= 0.3 is 0 Å². The number of hydrogen-bond acceptors (Lipinski definition) is 2. The fourth-order valence-electron chi connectivity index (χ4n) is 2.46. The molecule has 0 aliphatic heterocycles. The SMILES string of the molecule is COc1ccc(C(Nc2ccccc2F)C2CC2)cc1. The number of rotatable bonds is 5. The Morgan fingerprint density at radius 3 is 2.40 bits per heavy atom. The molecule has 1 saturated carbocycles. The highest BCUT2D eigenvalue weighted by atomic mass is 19.1. The zero-order chi connectivity index (χ0) is 13.9. The molecule has 0 radical (unpaired) electrons. The van der Waals surface area contributed by atoms with E-state index in [1.54, 1.807) is 19.2 Å². The monoisotopic (exact) mass is 271 g/mol. The predicted octanol–water partition coefficient (Wildman–Crippen LogP) is 4.40. The van der Waals surface area contributed by atoms with Gasteiger partial charge in [0.15, 0.2) is 0 Å². The Morgan fingerprint density at radius 1 is 1.10 bits per heavy atom. The summed E-state index contributed by atoms with van der Waals surface area (Å²) in [7, 11) is 1.66. The molecule has 0 heterocycles. The summed E-state index contributed by atoms with van der Waals surface area (Å²) in [6.45, 7) is 0. The van der Waals surface area contributed by atoms with E-state index in [4.69, 9.17) is 4.74 Å². The van der Waals surface area contributed by atoms with Crippen LogP contribution in [-0.2, 0) is 0 Å². The molecule has 1 atom stereocenters. The van der Waals surface area contributed by atoms with Crippen molar-refractivity contribution in [3.63, 3.8) is 0 Å². The Balaban J connectivity index is 1.83. The van der Waals surface area contributed by atoms with Crippen LogP contribution in [0.4, 0.5) is 10.1 Å². The van der Waals surface area contributed by atoms with Gasteiger partial charge < -0.3 is 10.1 Å². The molecule has 2 aromatic carbocycles. The molecular formula is C17H18FNO. The Hall–Kier alpha value is -2.03. The van der Waals surface area contributed by atoms with E-state index in [9.17, 15) is 4.39 Å². The standard InChI is InChI=1S/C17H18FNO/c1-20-14-10-8-13(9-11-14)17(12-6-7-12)19-16-5-3-2-4-15(16)18/h2-5,8-12,17,19H,6-7H2,1H3. The van der Waals surface area contributed by atoms with Crippen molar-refractivity contribution in [2.45, 2.75) is 18.9 Å². The van der Waals surface area contributed by atoms with Gasteiger partial charge in [-0.05, 0) is 48.6 Å². The quantitative estimate of drug-likeness (QED) is 0.870. The van der Waals surface area contributed by atoms with Crippen molar-refractivity contribution in [2.75, 3.05) is 12.4 Å². The number of hydrogen-bond donors (Lipinski definition) is 1. The van der Waals surface area contributed by atoms with Gasteiger partial charge in [0.2, 0.25) is 0 Å². The van der Waals surface area contributed by atoms with Gasteiger partial charge in [0, 0.05) is 0 Å². The van der Waals surface area contributed by atoms with Crippen LogP contribution in [0.2, 0.25) is 0 Å². The molecule has 1 aliphatic carbocycles. The maximum atomic E-state index is 13.8. The number of halogens is 1. The maximum absolute atomic E-state index is 13.8. The highest BCUT2D eigenvalue weighted by molar-refractivity contribution is 5.47. The Kier molecular flexibility index (Phi) is 3.59. The smallest absolute Gasteiger partial charge is 0.146 e. The summed E-state index contributed by atoms with van der Waals surface area (Å²) in [4.78, 5) is 0. The Bertz CT molecular complexity index is 578. The van der Waals surface area contributed by atoms with Gasteiger partial charge in [-0.1, -0.05) is 24.3 Å². The summed E-state index contributed by atoms with van der Waals surface area (Å²) < 4.78 is 19.0. The normalized spacial score (nSPS) is 15.7. The highest BCUT2D eigenvalue weighted by Gasteiger charge is 2.32. The topological polar surface area (TPSA) is 21.3 Å². The van der Waals surface area contributed by atoms with Crippen molar-refractivity contribution in [1.29, 1.82) is 0 Å². The molecule has 0 aromatic heterocycles. The first-order valence-corrected chi connectivity index (χ1v) is 6.93. The van der Waals surface area contributed by atoms with E-state index >= 15 is 0 Å². The summed E-state index contributed by atoms with van der Waals surface area (Å²) in [6.07, 6.45) is 2.39. The zero-order valence-electron chi connectivity index (χ0n) is 11.5. The molecule has 1 fully saturated rings. The third-order valence-electron chi connectivity index (χ3n) is 3.75. The molecule has 3 rings (SSSR count). The van der Waals surface area contributed by atoms with Crippen LogP contribution < -0.4 is 10.1 Å². The van der Waals surface area contributed by atoms with Crippen molar-refractivity contribution in [3.05, 3.63) is 59.9 Å². The van der Waals surface area contributed by atoms with E-state index in [1.807, 2.05) is 18.2 Å². The van der Waals surface area contributed by atoms with Crippen LogP contribution in [0.1, 0.15) is 24.4 Å². The van der Waals surface area contributed by atoms with Crippen molar-refractivity contribution >= 4 is 5.69 Å². The van der Waals surface area contributed by atoms with Crippen molar-refractivity contribution < 1.29 is 9.13 Å². The summed E-state index contributed by atoms with van der Waals surface area (Å²) >= 11 is 0. The van der Waals surface area contributed by atoms with Gasteiger partial charge in [-0.3, -0.25) is 0 Å². The minimum absolute atomic E-state index is 0.165. The molecule has 1 aliphatic rings. The van der Waals surface area contributed by atoms with Crippen LogP contribution in [0.3, 0.4) is 0 Å². The average Bonchev–Trinajstić information content (AvgIpc) is 3.31. The number of methoxy groups -OCH3 is 1. The lowest BCUT2D eigenvalue weighted by molar-refractivity contribution is 0.414. The summed E-state index contributed by atoms with van der Waals surface area (Å²) in [5, 5.41) is 3.35. The number of anilines is 1. The summed E-state index contributed by atoms with van der Waals surface area (Å²) in [5.41, 5.74) is 1.75. The van der Waals surface area contributed by atoms with Crippen LogP contribution in [0.15, 0.2) is 48.5 Å². The van der Waals surface area contributed by atoms with Gasteiger partial charge in [-0.25, -0.2) is 4.39 Å². The van der Waals surface area contributed by atoms with Gasteiger partial charge in [0.05, 0.1) is 18.8 Å². The second-order valence-electron chi connectivity index (χ2n) is 5.21. The first kappa shape index (κ1) is 13.0. The van der Waals surface area contributed by atoms with Crippen LogP contribution in [0, 0.1) is 11.7 Å². The van der Waals surface area contributed by atoms with E-state index in [2.05, 4.69) is 17.4 Å². The van der Waals surface area contributed by atoms with E-state index in [1.165, 1.54) is 24.5 Å². The number of para-hydroxylation sites is 1. The minimum atomic E-state index is -0.202. The van der Waals surface area contributed by atoms with Crippen molar-refractivity contribution in [3.8, 4) is 5.75 Å². The highest BCUT2D eigenvalue weighted by Crippen LogP contribution is 2.43. The summed E-state index contributed by atoms with van der Waals surface area (Å²) in [6, 6.07) is 15.0. The second-order valence-corrected chi connectivity index (χ2v) is 5.21. The lowest BCUT2D eigenvalue weighted by Gasteiger charge is -2.20. The zero-order valence-corrected chi connectivity index (χ0v) is 11.5. The van der Waals surface area contributed by atoms with Crippen LogP contribution in [0.5, 0.6) is 5.75 Å². The van der Waals surface area contributed by atoms with Gasteiger partial charge in [-0.2, -0.15) is 0 Å². The average molecular weight is 271 g/mol. The molecular weight excluding hydrogens is 253 g/mol. The van der Waals surface area contributed by atoms with Crippen LogP contribution in [0.25, 0.3) is 0 Å². The maximum Gasteiger partial charge on any atom is 0.146 e. The summed E-state index contributed by atoms with van der Waals surface area (Å²) in [5.74, 6) is 1.23. The molecule has 2 aromatic rings. The first-order chi connectivity index (χ1) is 9.78. The largest absolute Gasteiger partial charge is 0.497 e. The molecule has 2 nitrogen and oxygen atoms in total. The van der Waals surface area contributed by atoms with Gasteiger partial charge in [0.1, 0.15) is 11.6 Å². The van der Waals surface area contributed by atoms with Crippen molar-refractivity contribution in [2.24, 2.45) is 5.92 Å². The van der Waals surface area contributed by atoms with Crippen molar-refractivity contribution in [1.82, 2.24) is 0 Å². The molecule has 1 N–H and O–H groups in total. The van der Waals surface area contributed by atoms with Crippen LogP contribution >= 0.6 is 0 Å². The minimum Gasteiger partial charge on any atom is -0.497 e. The lowest BCUT2D eigenvalue weighted by atomic mass is 10.0. The lowest BCUT2D eigenvalue weighted by Crippen LogP contribution is -2.13. The third kappa shape index (κ3) is 2.77. The van der Waals surface area contributed by atoms with E-state index in [0.29, 0.717) is 11.6 Å². The number of benzene rings is 2. The molecule has 0 spiro atoms. The second kappa shape index (κ2) is 5.53. The predicted molar refractivity (Wildman–Crippen MR) is 78.5 cm³/mol.